The monoisotopic (exact) mass is 241 g/mol. The van der Waals surface area contributed by atoms with Gasteiger partial charge in [-0.3, -0.25) is 0 Å². The summed E-state index contributed by atoms with van der Waals surface area (Å²) in [6, 6.07) is 3.44. The minimum absolute atomic E-state index is 0.450. The topological polar surface area (TPSA) is 57.4 Å². The van der Waals surface area contributed by atoms with Crippen LogP contribution in [0.1, 0.15) is 0 Å². The standard InChI is InChI=1S/C10H16ClN5/c1-15-4-6-16(7-5-15)14-10-8(12)2-3-9(11)13-10/h2-3H,4-7,12H2,1H3,(H,13,14). The third-order valence-electron chi connectivity index (χ3n) is 2.66. The van der Waals surface area contributed by atoms with E-state index in [1.807, 2.05) is 0 Å². The van der Waals surface area contributed by atoms with Crippen molar-refractivity contribution >= 4 is 23.1 Å². The van der Waals surface area contributed by atoms with Crippen molar-refractivity contribution in [2.24, 2.45) is 0 Å². The first-order chi connectivity index (χ1) is 7.65. The van der Waals surface area contributed by atoms with Gasteiger partial charge in [0.15, 0.2) is 5.82 Å². The molecule has 16 heavy (non-hydrogen) atoms. The first-order valence-electron chi connectivity index (χ1n) is 5.27. The van der Waals surface area contributed by atoms with Gasteiger partial charge in [-0.1, -0.05) is 11.6 Å². The van der Waals surface area contributed by atoms with Crippen LogP contribution in [0.5, 0.6) is 0 Å². The lowest BCUT2D eigenvalue weighted by atomic mass is 10.4. The predicted molar refractivity (Wildman–Crippen MR) is 66.4 cm³/mol. The Kier molecular flexibility index (Phi) is 3.48. The highest BCUT2D eigenvalue weighted by molar-refractivity contribution is 6.29. The fraction of sp³-hybridized carbons (Fsp3) is 0.500. The molecule has 1 aromatic heterocycles. The molecule has 3 N–H and O–H groups in total. The van der Waals surface area contributed by atoms with Gasteiger partial charge in [-0.25, -0.2) is 9.99 Å². The van der Waals surface area contributed by atoms with Crippen molar-refractivity contribution in [3.8, 4) is 0 Å². The van der Waals surface area contributed by atoms with E-state index in [-0.39, 0.29) is 0 Å². The zero-order valence-corrected chi connectivity index (χ0v) is 10.0. The quantitative estimate of drug-likeness (QED) is 0.754. The van der Waals surface area contributed by atoms with Crippen LogP contribution in [-0.4, -0.2) is 48.1 Å². The molecule has 1 aromatic rings. The highest BCUT2D eigenvalue weighted by atomic mass is 35.5. The predicted octanol–water partition coefficient (Wildman–Crippen LogP) is 0.891. The Morgan fingerprint density at radius 3 is 2.69 bits per heavy atom. The highest BCUT2D eigenvalue weighted by Gasteiger charge is 2.14. The van der Waals surface area contributed by atoms with E-state index in [4.69, 9.17) is 17.3 Å². The zero-order chi connectivity index (χ0) is 11.5. The summed E-state index contributed by atoms with van der Waals surface area (Å²) >= 11 is 5.82. The smallest absolute Gasteiger partial charge is 0.165 e. The van der Waals surface area contributed by atoms with Crippen LogP contribution >= 0.6 is 11.6 Å². The van der Waals surface area contributed by atoms with Gasteiger partial charge >= 0.3 is 0 Å². The van der Waals surface area contributed by atoms with E-state index in [1.165, 1.54) is 0 Å². The summed E-state index contributed by atoms with van der Waals surface area (Å²) in [5.74, 6) is 0.636. The number of hydrogen-bond donors (Lipinski definition) is 2. The number of piperazine rings is 1. The maximum Gasteiger partial charge on any atom is 0.165 e. The largest absolute Gasteiger partial charge is 0.396 e. The molecule has 0 aromatic carbocycles. The molecule has 0 unspecified atom stereocenters. The Hall–Kier alpha value is -1.04. The summed E-state index contributed by atoms with van der Waals surface area (Å²) in [5.41, 5.74) is 9.62. The molecule has 1 fully saturated rings. The number of anilines is 2. The third-order valence-corrected chi connectivity index (χ3v) is 2.87. The number of pyridine rings is 1. The molecule has 1 saturated heterocycles. The maximum atomic E-state index is 5.82. The Bertz CT molecular complexity index is 362. The van der Waals surface area contributed by atoms with E-state index in [9.17, 15) is 0 Å². The summed E-state index contributed by atoms with van der Waals surface area (Å²) in [7, 11) is 2.11. The van der Waals surface area contributed by atoms with Gasteiger partial charge in [0.25, 0.3) is 0 Å². The van der Waals surface area contributed by atoms with Crippen LogP contribution in [0.15, 0.2) is 12.1 Å². The molecule has 5 nitrogen and oxygen atoms in total. The van der Waals surface area contributed by atoms with Crippen LogP contribution < -0.4 is 11.2 Å². The van der Waals surface area contributed by atoms with Gasteiger partial charge in [0, 0.05) is 26.2 Å². The maximum absolute atomic E-state index is 5.82. The summed E-state index contributed by atoms with van der Waals surface area (Å²) < 4.78 is 0. The van der Waals surface area contributed by atoms with Gasteiger partial charge in [0.1, 0.15) is 5.15 Å². The van der Waals surface area contributed by atoms with Crippen LogP contribution in [0.2, 0.25) is 5.15 Å². The Morgan fingerprint density at radius 1 is 1.31 bits per heavy atom. The lowest BCUT2D eigenvalue weighted by molar-refractivity contribution is 0.178. The third kappa shape index (κ3) is 2.75. The van der Waals surface area contributed by atoms with Crippen molar-refractivity contribution in [2.75, 3.05) is 44.4 Å². The number of nitrogens with zero attached hydrogens (tertiary/aromatic N) is 3. The second kappa shape index (κ2) is 4.86. The first-order valence-corrected chi connectivity index (χ1v) is 5.65. The Labute approximate surface area is 100 Å². The number of hydrazine groups is 1. The molecule has 0 amide bonds. The number of nitrogens with one attached hydrogen (secondary N) is 1. The fourth-order valence-electron chi connectivity index (χ4n) is 1.60. The van der Waals surface area contributed by atoms with Crippen molar-refractivity contribution in [3.05, 3.63) is 17.3 Å². The molecule has 1 aliphatic rings. The average Bonchev–Trinajstić information content (AvgIpc) is 2.27. The Balaban J connectivity index is 2.00. The number of likely N-dealkylation sites (N-methyl/N-ethyl adjacent to an activating group) is 1. The molecular formula is C10H16ClN5. The molecule has 2 rings (SSSR count). The second-order valence-corrected chi connectivity index (χ2v) is 4.36. The van der Waals surface area contributed by atoms with Gasteiger partial charge < -0.3 is 16.1 Å². The molecule has 0 bridgehead atoms. The lowest BCUT2D eigenvalue weighted by Crippen LogP contribution is -2.47. The minimum atomic E-state index is 0.450. The average molecular weight is 242 g/mol. The van der Waals surface area contributed by atoms with E-state index < -0.39 is 0 Å². The fourth-order valence-corrected chi connectivity index (χ4v) is 1.75. The number of aromatic nitrogens is 1. The second-order valence-electron chi connectivity index (χ2n) is 3.97. The van der Waals surface area contributed by atoms with Crippen molar-refractivity contribution in [2.45, 2.75) is 0 Å². The minimum Gasteiger partial charge on any atom is -0.396 e. The normalized spacial score (nSPS) is 18.6. The Morgan fingerprint density at radius 2 is 2.00 bits per heavy atom. The number of rotatable bonds is 2. The van der Waals surface area contributed by atoms with E-state index in [2.05, 4.69) is 27.4 Å². The molecule has 6 heteroatoms. The van der Waals surface area contributed by atoms with Crippen molar-refractivity contribution in [1.29, 1.82) is 0 Å². The van der Waals surface area contributed by atoms with Crippen LogP contribution in [0.25, 0.3) is 0 Å². The SMILES string of the molecule is CN1CCN(Nc2nc(Cl)ccc2N)CC1. The molecular weight excluding hydrogens is 226 g/mol. The summed E-state index contributed by atoms with van der Waals surface area (Å²) in [6.45, 7) is 3.97. The van der Waals surface area contributed by atoms with Crippen molar-refractivity contribution < 1.29 is 0 Å². The molecule has 1 aliphatic heterocycles. The molecule has 0 atom stereocenters. The number of hydrogen-bond acceptors (Lipinski definition) is 5. The van der Waals surface area contributed by atoms with Crippen LogP contribution in [0.4, 0.5) is 11.5 Å². The van der Waals surface area contributed by atoms with E-state index in [0.717, 1.165) is 26.2 Å². The van der Waals surface area contributed by atoms with Gasteiger partial charge in [-0.2, -0.15) is 0 Å². The molecule has 0 aliphatic carbocycles. The molecule has 2 heterocycles. The summed E-state index contributed by atoms with van der Waals surface area (Å²) in [5, 5.41) is 2.56. The molecule has 0 spiro atoms. The number of halogens is 1. The van der Waals surface area contributed by atoms with E-state index in [0.29, 0.717) is 16.7 Å². The lowest BCUT2D eigenvalue weighted by Gasteiger charge is -2.32. The number of nitrogen functional groups attached to an aromatic ring is 1. The van der Waals surface area contributed by atoms with E-state index in [1.54, 1.807) is 12.1 Å². The van der Waals surface area contributed by atoms with Crippen molar-refractivity contribution in [3.63, 3.8) is 0 Å². The molecule has 88 valence electrons. The zero-order valence-electron chi connectivity index (χ0n) is 9.28. The van der Waals surface area contributed by atoms with Crippen molar-refractivity contribution in [1.82, 2.24) is 14.9 Å². The molecule has 0 saturated carbocycles. The van der Waals surface area contributed by atoms with Gasteiger partial charge in [-0.05, 0) is 19.2 Å². The van der Waals surface area contributed by atoms with Gasteiger partial charge in [0.2, 0.25) is 0 Å². The van der Waals surface area contributed by atoms with Gasteiger partial charge in [-0.15, -0.1) is 0 Å². The summed E-state index contributed by atoms with van der Waals surface area (Å²) in [4.78, 5) is 6.44. The van der Waals surface area contributed by atoms with Crippen LogP contribution in [0, 0.1) is 0 Å². The summed E-state index contributed by atoms with van der Waals surface area (Å²) in [6.07, 6.45) is 0. The van der Waals surface area contributed by atoms with Gasteiger partial charge in [0.05, 0.1) is 5.69 Å². The number of nitrogens with two attached hydrogens (primary N) is 1. The molecule has 0 radical (unpaired) electrons. The van der Waals surface area contributed by atoms with Crippen LogP contribution in [0.3, 0.4) is 0 Å². The highest BCUT2D eigenvalue weighted by Crippen LogP contribution is 2.19. The first kappa shape index (κ1) is 11.4. The van der Waals surface area contributed by atoms with E-state index >= 15 is 0 Å². The van der Waals surface area contributed by atoms with Crippen LogP contribution in [-0.2, 0) is 0 Å².